The fraction of sp³-hybridized carbons (Fsp3) is 0.476. The molecule has 1 N–H and O–H groups in total. The van der Waals surface area contributed by atoms with Crippen molar-refractivity contribution >= 4 is 17.2 Å². The van der Waals surface area contributed by atoms with Gasteiger partial charge in [0.2, 0.25) is 0 Å². The third kappa shape index (κ3) is 5.71. The molecule has 0 bridgehead atoms. The summed E-state index contributed by atoms with van der Waals surface area (Å²) in [5.74, 6) is 1.10. The fourth-order valence-corrected chi connectivity index (χ4v) is 4.18. The van der Waals surface area contributed by atoms with Gasteiger partial charge in [-0.3, -0.25) is 9.69 Å². The Morgan fingerprint density at radius 1 is 1.15 bits per heavy atom. The SMILES string of the molecule is COc1ccccc1OCC(=O)NC[C@H](c1ccsc1)N1CCCCCC1. The number of nitrogens with zero attached hydrogens (tertiary/aromatic N) is 1. The second-order valence-corrected chi connectivity index (χ2v) is 7.55. The third-order valence-corrected chi connectivity index (χ3v) is 5.63. The van der Waals surface area contributed by atoms with Crippen LogP contribution in [0.3, 0.4) is 0 Å². The van der Waals surface area contributed by atoms with Crippen LogP contribution < -0.4 is 14.8 Å². The topological polar surface area (TPSA) is 50.8 Å². The summed E-state index contributed by atoms with van der Waals surface area (Å²) in [6.45, 7) is 2.77. The van der Waals surface area contributed by atoms with Crippen molar-refractivity contribution in [2.24, 2.45) is 0 Å². The number of likely N-dealkylation sites (tertiary alicyclic amines) is 1. The number of hydrogen-bond acceptors (Lipinski definition) is 5. The number of hydrogen-bond donors (Lipinski definition) is 1. The maximum atomic E-state index is 12.3. The van der Waals surface area contributed by atoms with E-state index in [0.717, 1.165) is 13.1 Å². The summed E-state index contributed by atoms with van der Waals surface area (Å²) in [5.41, 5.74) is 1.29. The Bertz CT molecular complexity index is 697. The van der Waals surface area contributed by atoms with Gasteiger partial charge in [0.1, 0.15) is 0 Å². The highest BCUT2D eigenvalue weighted by molar-refractivity contribution is 7.07. The molecular formula is C21H28N2O3S. The van der Waals surface area contributed by atoms with E-state index in [1.165, 1.54) is 31.2 Å². The molecule has 0 saturated carbocycles. The van der Waals surface area contributed by atoms with E-state index >= 15 is 0 Å². The highest BCUT2D eigenvalue weighted by atomic mass is 32.1. The lowest BCUT2D eigenvalue weighted by molar-refractivity contribution is -0.123. The predicted molar refractivity (Wildman–Crippen MR) is 109 cm³/mol. The van der Waals surface area contributed by atoms with Crippen LogP contribution in [0.15, 0.2) is 41.1 Å². The predicted octanol–water partition coefficient (Wildman–Crippen LogP) is 3.87. The van der Waals surface area contributed by atoms with E-state index in [0.29, 0.717) is 18.0 Å². The summed E-state index contributed by atoms with van der Waals surface area (Å²) in [5, 5.41) is 7.35. The monoisotopic (exact) mass is 388 g/mol. The Morgan fingerprint density at radius 3 is 2.56 bits per heavy atom. The molecule has 2 heterocycles. The molecule has 1 atom stereocenters. The maximum Gasteiger partial charge on any atom is 0.258 e. The molecule has 1 aliphatic heterocycles. The van der Waals surface area contributed by atoms with Gasteiger partial charge in [0, 0.05) is 6.54 Å². The van der Waals surface area contributed by atoms with E-state index in [2.05, 4.69) is 27.0 Å². The minimum atomic E-state index is -0.115. The first-order valence-electron chi connectivity index (χ1n) is 9.56. The van der Waals surface area contributed by atoms with Crippen molar-refractivity contribution in [2.75, 3.05) is 33.4 Å². The summed E-state index contributed by atoms with van der Waals surface area (Å²) in [6, 6.07) is 9.75. The normalized spacial score (nSPS) is 16.3. The van der Waals surface area contributed by atoms with Crippen molar-refractivity contribution < 1.29 is 14.3 Å². The number of rotatable bonds is 8. The van der Waals surface area contributed by atoms with E-state index in [9.17, 15) is 4.79 Å². The minimum Gasteiger partial charge on any atom is -0.493 e. The number of methoxy groups -OCH3 is 1. The Balaban J connectivity index is 1.55. The lowest BCUT2D eigenvalue weighted by atomic mass is 10.1. The van der Waals surface area contributed by atoms with Gasteiger partial charge in [0.15, 0.2) is 18.1 Å². The number of carbonyl (C=O) groups is 1. The van der Waals surface area contributed by atoms with Gasteiger partial charge in [0.25, 0.3) is 5.91 Å². The molecular weight excluding hydrogens is 360 g/mol. The lowest BCUT2D eigenvalue weighted by Gasteiger charge is -2.30. The molecule has 1 fully saturated rings. The van der Waals surface area contributed by atoms with Crippen molar-refractivity contribution in [3.8, 4) is 11.5 Å². The van der Waals surface area contributed by atoms with Gasteiger partial charge in [-0.1, -0.05) is 25.0 Å². The van der Waals surface area contributed by atoms with E-state index < -0.39 is 0 Å². The van der Waals surface area contributed by atoms with Crippen LogP contribution in [0.2, 0.25) is 0 Å². The number of para-hydroxylation sites is 2. The highest BCUT2D eigenvalue weighted by Crippen LogP contribution is 2.26. The molecule has 6 heteroatoms. The minimum absolute atomic E-state index is 0.0171. The van der Waals surface area contributed by atoms with Crippen LogP contribution in [0.25, 0.3) is 0 Å². The Morgan fingerprint density at radius 2 is 1.89 bits per heavy atom. The van der Waals surface area contributed by atoms with Crippen molar-refractivity contribution in [1.82, 2.24) is 10.2 Å². The van der Waals surface area contributed by atoms with Gasteiger partial charge in [-0.2, -0.15) is 11.3 Å². The zero-order valence-corrected chi connectivity index (χ0v) is 16.7. The second kappa shape index (κ2) is 10.3. The third-order valence-electron chi connectivity index (χ3n) is 4.93. The van der Waals surface area contributed by atoms with E-state index in [1.54, 1.807) is 24.5 Å². The maximum absolute atomic E-state index is 12.3. The van der Waals surface area contributed by atoms with Crippen LogP contribution in [0.1, 0.15) is 37.3 Å². The first-order valence-corrected chi connectivity index (χ1v) is 10.5. The summed E-state index contributed by atoms with van der Waals surface area (Å²) >= 11 is 1.71. The number of nitrogens with one attached hydrogen (secondary N) is 1. The summed E-state index contributed by atoms with van der Waals surface area (Å²) < 4.78 is 10.9. The molecule has 2 aromatic rings. The molecule has 0 spiro atoms. The van der Waals surface area contributed by atoms with E-state index in [4.69, 9.17) is 9.47 Å². The van der Waals surface area contributed by atoms with Crippen LogP contribution >= 0.6 is 11.3 Å². The largest absolute Gasteiger partial charge is 0.493 e. The molecule has 5 nitrogen and oxygen atoms in total. The molecule has 1 aliphatic rings. The summed E-state index contributed by atoms with van der Waals surface area (Å²) in [4.78, 5) is 14.9. The van der Waals surface area contributed by atoms with Crippen LogP contribution in [0, 0.1) is 0 Å². The highest BCUT2D eigenvalue weighted by Gasteiger charge is 2.22. The Hall–Kier alpha value is -2.05. The van der Waals surface area contributed by atoms with Crippen molar-refractivity contribution in [3.05, 3.63) is 46.7 Å². The molecule has 1 aromatic heterocycles. The van der Waals surface area contributed by atoms with Crippen LogP contribution in [-0.4, -0.2) is 44.2 Å². The summed E-state index contributed by atoms with van der Waals surface area (Å²) in [6.07, 6.45) is 5.05. The van der Waals surface area contributed by atoms with Crippen LogP contribution in [-0.2, 0) is 4.79 Å². The number of ether oxygens (including phenoxy) is 2. The van der Waals surface area contributed by atoms with Gasteiger partial charge >= 0.3 is 0 Å². The summed E-state index contributed by atoms with van der Waals surface area (Å²) in [7, 11) is 1.59. The van der Waals surface area contributed by atoms with Gasteiger partial charge in [-0.25, -0.2) is 0 Å². The first-order chi connectivity index (χ1) is 13.3. The fourth-order valence-electron chi connectivity index (χ4n) is 3.47. The van der Waals surface area contributed by atoms with Gasteiger partial charge < -0.3 is 14.8 Å². The molecule has 1 amide bonds. The average molecular weight is 389 g/mol. The smallest absolute Gasteiger partial charge is 0.258 e. The molecule has 0 unspecified atom stereocenters. The lowest BCUT2D eigenvalue weighted by Crippen LogP contribution is -2.40. The molecule has 1 aromatic carbocycles. The van der Waals surface area contributed by atoms with E-state index in [-0.39, 0.29) is 18.6 Å². The van der Waals surface area contributed by atoms with E-state index in [1.807, 2.05) is 18.2 Å². The van der Waals surface area contributed by atoms with Crippen molar-refractivity contribution in [3.63, 3.8) is 0 Å². The quantitative estimate of drug-likeness (QED) is 0.746. The standard InChI is InChI=1S/C21H28N2O3S/c1-25-19-8-4-5-9-20(19)26-15-21(24)22-14-18(17-10-13-27-16-17)23-11-6-2-3-7-12-23/h4-5,8-10,13,16,18H,2-3,6-7,11-12,14-15H2,1H3,(H,22,24)/t18-/m1/s1. The molecule has 1 saturated heterocycles. The van der Waals surface area contributed by atoms with Crippen molar-refractivity contribution in [1.29, 1.82) is 0 Å². The number of carbonyl (C=O) groups excluding carboxylic acids is 1. The number of amides is 1. The second-order valence-electron chi connectivity index (χ2n) is 6.77. The molecule has 3 rings (SSSR count). The number of benzene rings is 1. The van der Waals surface area contributed by atoms with Gasteiger partial charge in [-0.05, 0) is 60.5 Å². The van der Waals surface area contributed by atoms with Crippen LogP contribution in [0.4, 0.5) is 0 Å². The zero-order valence-electron chi connectivity index (χ0n) is 15.9. The molecule has 27 heavy (non-hydrogen) atoms. The van der Waals surface area contributed by atoms with Gasteiger partial charge in [-0.15, -0.1) is 0 Å². The zero-order chi connectivity index (χ0) is 18.9. The molecule has 0 aliphatic carbocycles. The average Bonchev–Trinajstić information content (AvgIpc) is 3.09. The van der Waals surface area contributed by atoms with Crippen LogP contribution in [0.5, 0.6) is 11.5 Å². The number of thiophene rings is 1. The Labute approximate surface area is 165 Å². The molecule has 0 radical (unpaired) electrons. The Kier molecular flexibility index (Phi) is 7.54. The molecule has 146 valence electrons. The van der Waals surface area contributed by atoms with Crippen molar-refractivity contribution in [2.45, 2.75) is 31.7 Å². The van der Waals surface area contributed by atoms with Gasteiger partial charge in [0.05, 0.1) is 13.2 Å². The first kappa shape index (κ1) is 19.7.